The van der Waals surface area contributed by atoms with E-state index in [2.05, 4.69) is 29.7 Å². The van der Waals surface area contributed by atoms with Crippen LogP contribution in [0, 0.1) is 0 Å². The SMILES string of the molecule is Nc1cccc(-c2nc(N3CCOCC3)nc(N3CCOCC3)n2)n1. The Labute approximate surface area is 145 Å². The molecule has 2 fully saturated rings. The van der Waals surface area contributed by atoms with Gasteiger partial charge in [-0.2, -0.15) is 15.0 Å². The molecular formula is C16H21N7O2. The lowest BCUT2D eigenvalue weighted by atomic mass is 10.3. The second-order valence-electron chi connectivity index (χ2n) is 5.91. The lowest BCUT2D eigenvalue weighted by Crippen LogP contribution is -2.40. The molecule has 0 spiro atoms. The fourth-order valence-corrected chi connectivity index (χ4v) is 2.85. The lowest BCUT2D eigenvalue weighted by molar-refractivity contribution is 0.121. The molecule has 2 aromatic heterocycles. The summed E-state index contributed by atoms with van der Waals surface area (Å²) in [5.74, 6) is 2.28. The normalized spacial score (nSPS) is 18.4. The Bertz CT molecular complexity index is 694. The zero-order valence-electron chi connectivity index (χ0n) is 14.0. The van der Waals surface area contributed by atoms with Crippen LogP contribution in [0.5, 0.6) is 0 Å². The predicted octanol–water partition coefficient (Wildman–Crippen LogP) is 0.189. The number of hydrogen-bond acceptors (Lipinski definition) is 9. The van der Waals surface area contributed by atoms with Crippen LogP contribution in [0.1, 0.15) is 0 Å². The molecule has 4 rings (SSSR count). The Kier molecular flexibility index (Phi) is 4.57. The van der Waals surface area contributed by atoms with E-state index in [0.29, 0.717) is 55.7 Å². The zero-order valence-corrected chi connectivity index (χ0v) is 14.0. The van der Waals surface area contributed by atoms with E-state index in [1.54, 1.807) is 6.07 Å². The van der Waals surface area contributed by atoms with Crippen LogP contribution in [0.25, 0.3) is 11.5 Å². The summed E-state index contributed by atoms with van der Waals surface area (Å²) in [5.41, 5.74) is 6.47. The molecule has 0 radical (unpaired) electrons. The molecule has 2 saturated heterocycles. The van der Waals surface area contributed by atoms with E-state index >= 15 is 0 Å². The van der Waals surface area contributed by atoms with Gasteiger partial charge in [-0.05, 0) is 12.1 Å². The van der Waals surface area contributed by atoms with E-state index in [-0.39, 0.29) is 0 Å². The molecule has 0 saturated carbocycles. The van der Waals surface area contributed by atoms with Gasteiger partial charge in [-0.25, -0.2) is 4.98 Å². The minimum atomic E-state index is 0.443. The second-order valence-corrected chi connectivity index (χ2v) is 5.91. The van der Waals surface area contributed by atoms with Gasteiger partial charge < -0.3 is 25.0 Å². The average molecular weight is 343 g/mol. The van der Waals surface area contributed by atoms with E-state index < -0.39 is 0 Å². The molecule has 2 N–H and O–H groups in total. The minimum absolute atomic E-state index is 0.443. The van der Waals surface area contributed by atoms with Gasteiger partial charge in [-0.1, -0.05) is 6.07 Å². The molecular weight excluding hydrogens is 322 g/mol. The van der Waals surface area contributed by atoms with Gasteiger partial charge in [0.15, 0.2) is 5.82 Å². The molecule has 0 aliphatic carbocycles. The highest BCUT2D eigenvalue weighted by Gasteiger charge is 2.21. The number of rotatable bonds is 3. The van der Waals surface area contributed by atoms with Gasteiger partial charge in [0, 0.05) is 26.2 Å². The number of nitrogens with two attached hydrogens (primary N) is 1. The molecule has 132 valence electrons. The summed E-state index contributed by atoms with van der Waals surface area (Å²) in [6.45, 7) is 5.73. The summed E-state index contributed by atoms with van der Waals surface area (Å²) in [6, 6.07) is 5.46. The molecule has 2 aliphatic heterocycles. The van der Waals surface area contributed by atoms with Crippen LogP contribution in [-0.2, 0) is 9.47 Å². The minimum Gasteiger partial charge on any atom is -0.384 e. The van der Waals surface area contributed by atoms with Crippen molar-refractivity contribution in [2.24, 2.45) is 0 Å². The number of hydrogen-bond donors (Lipinski definition) is 1. The fourth-order valence-electron chi connectivity index (χ4n) is 2.85. The average Bonchev–Trinajstić information content (AvgIpc) is 2.69. The third kappa shape index (κ3) is 3.62. The Morgan fingerprint density at radius 3 is 1.84 bits per heavy atom. The van der Waals surface area contributed by atoms with Crippen LogP contribution in [0.3, 0.4) is 0 Å². The number of nitrogens with zero attached hydrogens (tertiary/aromatic N) is 6. The van der Waals surface area contributed by atoms with Gasteiger partial charge in [0.25, 0.3) is 0 Å². The molecule has 9 heteroatoms. The van der Waals surface area contributed by atoms with Crippen molar-refractivity contribution in [1.29, 1.82) is 0 Å². The van der Waals surface area contributed by atoms with Crippen molar-refractivity contribution in [3.8, 4) is 11.5 Å². The number of nitrogen functional groups attached to an aromatic ring is 1. The standard InChI is InChI=1S/C16H21N7O2/c17-13-3-1-2-12(18-13)14-19-15(22-4-8-24-9-5-22)21-16(20-14)23-6-10-25-11-7-23/h1-3H,4-11H2,(H2,17,18). The van der Waals surface area contributed by atoms with E-state index in [1.807, 2.05) is 12.1 Å². The molecule has 0 bridgehead atoms. The molecule has 0 unspecified atom stereocenters. The number of ether oxygens (including phenoxy) is 2. The smallest absolute Gasteiger partial charge is 0.230 e. The largest absolute Gasteiger partial charge is 0.384 e. The third-order valence-electron chi connectivity index (χ3n) is 4.20. The number of aromatic nitrogens is 4. The highest BCUT2D eigenvalue weighted by molar-refractivity contribution is 5.56. The van der Waals surface area contributed by atoms with Crippen LogP contribution in [0.2, 0.25) is 0 Å². The maximum absolute atomic E-state index is 5.82. The molecule has 9 nitrogen and oxygen atoms in total. The van der Waals surface area contributed by atoms with Crippen molar-refractivity contribution >= 4 is 17.7 Å². The molecule has 0 atom stereocenters. The first-order valence-electron chi connectivity index (χ1n) is 8.44. The molecule has 25 heavy (non-hydrogen) atoms. The summed E-state index contributed by atoms with van der Waals surface area (Å²) in [5, 5.41) is 0. The molecule has 0 amide bonds. The van der Waals surface area contributed by atoms with E-state index in [1.165, 1.54) is 0 Å². The van der Waals surface area contributed by atoms with Crippen molar-refractivity contribution in [2.45, 2.75) is 0 Å². The monoisotopic (exact) mass is 343 g/mol. The Balaban J connectivity index is 1.73. The Morgan fingerprint density at radius 1 is 0.760 bits per heavy atom. The fraction of sp³-hybridized carbons (Fsp3) is 0.500. The summed E-state index contributed by atoms with van der Waals surface area (Å²) >= 11 is 0. The van der Waals surface area contributed by atoms with Crippen LogP contribution in [0.15, 0.2) is 18.2 Å². The molecule has 4 heterocycles. The van der Waals surface area contributed by atoms with Crippen molar-refractivity contribution in [3.63, 3.8) is 0 Å². The van der Waals surface area contributed by atoms with Gasteiger partial charge >= 0.3 is 0 Å². The van der Waals surface area contributed by atoms with Crippen molar-refractivity contribution in [2.75, 3.05) is 68.1 Å². The lowest BCUT2D eigenvalue weighted by Gasteiger charge is -2.30. The zero-order chi connectivity index (χ0) is 17.1. The molecule has 2 aliphatic rings. The number of pyridine rings is 1. The molecule has 0 aromatic carbocycles. The van der Waals surface area contributed by atoms with Gasteiger partial charge in [-0.3, -0.25) is 0 Å². The second kappa shape index (κ2) is 7.16. The number of morpholine rings is 2. The number of anilines is 3. The maximum atomic E-state index is 5.82. The third-order valence-corrected chi connectivity index (χ3v) is 4.20. The van der Waals surface area contributed by atoms with Crippen molar-refractivity contribution < 1.29 is 9.47 Å². The van der Waals surface area contributed by atoms with Gasteiger partial charge in [-0.15, -0.1) is 0 Å². The predicted molar refractivity (Wildman–Crippen MR) is 93.5 cm³/mol. The Morgan fingerprint density at radius 2 is 1.32 bits per heavy atom. The topological polar surface area (TPSA) is 103 Å². The van der Waals surface area contributed by atoms with E-state index in [4.69, 9.17) is 15.2 Å². The highest BCUT2D eigenvalue weighted by Crippen LogP contribution is 2.22. The first-order chi connectivity index (χ1) is 12.3. The van der Waals surface area contributed by atoms with Gasteiger partial charge in [0.05, 0.1) is 26.4 Å². The van der Waals surface area contributed by atoms with E-state index in [9.17, 15) is 0 Å². The summed E-state index contributed by atoms with van der Waals surface area (Å²) in [6.07, 6.45) is 0. The quantitative estimate of drug-likeness (QED) is 0.836. The first-order valence-corrected chi connectivity index (χ1v) is 8.44. The van der Waals surface area contributed by atoms with Gasteiger partial charge in [0.1, 0.15) is 11.5 Å². The van der Waals surface area contributed by atoms with Crippen molar-refractivity contribution in [1.82, 2.24) is 19.9 Å². The summed E-state index contributed by atoms with van der Waals surface area (Å²) in [7, 11) is 0. The Hall–Kier alpha value is -2.52. The summed E-state index contributed by atoms with van der Waals surface area (Å²) < 4.78 is 10.9. The first kappa shape index (κ1) is 16.0. The van der Waals surface area contributed by atoms with Crippen LogP contribution in [0.4, 0.5) is 17.7 Å². The van der Waals surface area contributed by atoms with E-state index in [0.717, 1.165) is 26.2 Å². The van der Waals surface area contributed by atoms with Crippen LogP contribution < -0.4 is 15.5 Å². The highest BCUT2D eigenvalue weighted by atomic mass is 16.5. The van der Waals surface area contributed by atoms with Gasteiger partial charge in [0.2, 0.25) is 11.9 Å². The maximum Gasteiger partial charge on any atom is 0.230 e. The summed E-state index contributed by atoms with van der Waals surface area (Å²) in [4.78, 5) is 22.5. The van der Waals surface area contributed by atoms with Crippen LogP contribution in [-0.4, -0.2) is 72.5 Å². The molecule has 2 aromatic rings. The van der Waals surface area contributed by atoms with Crippen molar-refractivity contribution in [3.05, 3.63) is 18.2 Å². The van der Waals surface area contributed by atoms with Crippen LogP contribution >= 0.6 is 0 Å².